The lowest BCUT2D eigenvalue weighted by Gasteiger charge is -2.23. The molecule has 0 spiro atoms. The first kappa shape index (κ1) is 12.2. The molecule has 19 heavy (non-hydrogen) atoms. The molecule has 0 aliphatic carbocycles. The van der Waals surface area contributed by atoms with Crippen LogP contribution in [0.5, 0.6) is 0 Å². The molecule has 2 heteroatoms. The highest BCUT2D eigenvalue weighted by molar-refractivity contribution is 5.46. The van der Waals surface area contributed by atoms with Crippen LogP contribution in [0, 0.1) is 0 Å². The van der Waals surface area contributed by atoms with Gasteiger partial charge in [-0.15, -0.1) is 0 Å². The molecule has 0 fully saturated rings. The summed E-state index contributed by atoms with van der Waals surface area (Å²) in [7, 11) is 0. The van der Waals surface area contributed by atoms with Gasteiger partial charge in [-0.3, -0.25) is 4.90 Å². The van der Waals surface area contributed by atoms with Gasteiger partial charge >= 0.3 is 0 Å². The number of fused-ring (bicyclic) bond motifs is 1. The maximum absolute atomic E-state index is 5.86. The topological polar surface area (TPSA) is 29.3 Å². The lowest BCUT2D eigenvalue weighted by Crippen LogP contribution is -2.29. The molecular weight excluding hydrogens is 232 g/mol. The van der Waals surface area contributed by atoms with E-state index in [0.29, 0.717) is 6.04 Å². The van der Waals surface area contributed by atoms with Crippen molar-refractivity contribution in [2.24, 2.45) is 0 Å². The zero-order valence-electron chi connectivity index (χ0n) is 11.3. The zero-order valence-corrected chi connectivity index (χ0v) is 11.3. The Morgan fingerprint density at radius 1 is 1.05 bits per heavy atom. The fraction of sp³-hybridized carbons (Fsp3) is 0.294. The van der Waals surface area contributed by atoms with Gasteiger partial charge in [0.15, 0.2) is 0 Å². The highest BCUT2D eigenvalue weighted by atomic mass is 15.2. The van der Waals surface area contributed by atoms with Crippen LogP contribution < -0.4 is 5.73 Å². The van der Waals surface area contributed by atoms with Crippen molar-refractivity contribution in [3.8, 4) is 0 Å². The van der Waals surface area contributed by atoms with Crippen LogP contribution in [0.1, 0.15) is 23.6 Å². The van der Waals surface area contributed by atoms with E-state index in [0.717, 1.165) is 25.2 Å². The Morgan fingerprint density at radius 3 is 2.58 bits per heavy atom. The third kappa shape index (κ3) is 2.64. The summed E-state index contributed by atoms with van der Waals surface area (Å²) in [5.74, 6) is 0. The monoisotopic (exact) mass is 252 g/mol. The SMILES string of the molecule is CC(Cc1ccccc1)N1Cc2ccc(N)cc2C1. The number of anilines is 1. The van der Waals surface area contributed by atoms with E-state index < -0.39 is 0 Å². The smallest absolute Gasteiger partial charge is 0.0317 e. The van der Waals surface area contributed by atoms with Gasteiger partial charge in [0.1, 0.15) is 0 Å². The van der Waals surface area contributed by atoms with Gasteiger partial charge in [-0.2, -0.15) is 0 Å². The van der Waals surface area contributed by atoms with E-state index >= 15 is 0 Å². The molecular formula is C17H20N2. The van der Waals surface area contributed by atoms with Crippen LogP contribution in [0.4, 0.5) is 5.69 Å². The summed E-state index contributed by atoms with van der Waals surface area (Å²) in [6.07, 6.45) is 1.10. The third-order valence-corrected chi connectivity index (χ3v) is 3.97. The van der Waals surface area contributed by atoms with Crippen LogP contribution in [-0.4, -0.2) is 10.9 Å². The molecule has 1 aliphatic heterocycles. The fourth-order valence-electron chi connectivity index (χ4n) is 2.84. The molecule has 0 aromatic heterocycles. The summed E-state index contributed by atoms with van der Waals surface area (Å²) in [5.41, 5.74) is 11.0. The average molecular weight is 252 g/mol. The van der Waals surface area contributed by atoms with Gasteiger partial charge in [-0.1, -0.05) is 36.4 Å². The van der Waals surface area contributed by atoms with Gasteiger partial charge < -0.3 is 5.73 Å². The maximum Gasteiger partial charge on any atom is 0.0317 e. The Bertz CT molecular complexity index is 563. The molecule has 2 aromatic rings. The first-order valence-corrected chi connectivity index (χ1v) is 6.87. The largest absolute Gasteiger partial charge is 0.399 e. The van der Waals surface area contributed by atoms with Crippen molar-refractivity contribution in [3.05, 3.63) is 65.2 Å². The number of nitrogens with zero attached hydrogens (tertiary/aromatic N) is 1. The predicted octanol–water partition coefficient (Wildman–Crippen LogP) is 3.22. The lowest BCUT2D eigenvalue weighted by molar-refractivity contribution is 0.211. The van der Waals surface area contributed by atoms with Crippen LogP contribution in [0.15, 0.2) is 48.5 Å². The Kier molecular flexibility index (Phi) is 3.26. The molecule has 0 amide bonds. The summed E-state index contributed by atoms with van der Waals surface area (Å²) >= 11 is 0. The molecule has 1 heterocycles. The van der Waals surface area contributed by atoms with Gasteiger partial charge in [0, 0.05) is 24.8 Å². The van der Waals surface area contributed by atoms with E-state index in [4.69, 9.17) is 5.73 Å². The fourth-order valence-corrected chi connectivity index (χ4v) is 2.84. The minimum Gasteiger partial charge on any atom is -0.399 e. The van der Waals surface area contributed by atoms with Crippen LogP contribution in [0.2, 0.25) is 0 Å². The van der Waals surface area contributed by atoms with E-state index in [1.54, 1.807) is 0 Å². The number of rotatable bonds is 3. The molecule has 0 saturated carbocycles. The summed E-state index contributed by atoms with van der Waals surface area (Å²) in [6, 6.07) is 17.5. The van der Waals surface area contributed by atoms with Crippen LogP contribution >= 0.6 is 0 Å². The Morgan fingerprint density at radius 2 is 1.79 bits per heavy atom. The van der Waals surface area contributed by atoms with Crippen molar-refractivity contribution in [3.63, 3.8) is 0 Å². The van der Waals surface area contributed by atoms with Gasteiger partial charge in [0.25, 0.3) is 0 Å². The normalized spacial score (nSPS) is 16.3. The summed E-state index contributed by atoms with van der Waals surface area (Å²) in [5, 5.41) is 0. The molecule has 0 bridgehead atoms. The van der Waals surface area contributed by atoms with Crippen molar-refractivity contribution < 1.29 is 0 Å². The number of nitrogens with two attached hydrogens (primary N) is 1. The average Bonchev–Trinajstić information content (AvgIpc) is 2.83. The minimum atomic E-state index is 0.552. The van der Waals surface area contributed by atoms with Crippen molar-refractivity contribution in [1.82, 2.24) is 4.90 Å². The molecule has 1 unspecified atom stereocenters. The van der Waals surface area contributed by atoms with Gasteiger partial charge in [0.05, 0.1) is 0 Å². The van der Waals surface area contributed by atoms with Gasteiger partial charge in [-0.25, -0.2) is 0 Å². The van der Waals surface area contributed by atoms with E-state index in [1.807, 2.05) is 6.07 Å². The molecule has 1 aliphatic rings. The standard InChI is InChI=1S/C17H20N2/c1-13(9-14-5-3-2-4-6-14)19-11-15-7-8-17(18)10-16(15)12-19/h2-8,10,13H,9,11-12,18H2,1H3. The van der Waals surface area contributed by atoms with E-state index in [9.17, 15) is 0 Å². The highest BCUT2D eigenvalue weighted by Crippen LogP contribution is 2.27. The first-order valence-electron chi connectivity index (χ1n) is 6.87. The summed E-state index contributed by atoms with van der Waals surface area (Å²) < 4.78 is 0. The van der Waals surface area contributed by atoms with Gasteiger partial charge in [-0.05, 0) is 42.2 Å². The van der Waals surface area contributed by atoms with Crippen LogP contribution in [0.25, 0.3) is 0 Å². The summed E-state index contributed by atoms with van der Waals surface area (Å²) in [6.45, 7) is 4.38. The zero-order chi connectivity index (χ0) is 13.2. The molecule has 98 valence electrons. The third-order valence-electron chi connectivity index (χ3n) is 3.97. The van der Waals surface area contributed by atoms with Crippen molar-refractivity contribution in [2.45, 2.75) is 32.5 Å². The van der Waals surface area contributed by atoms with E-state index in [-0.39, 0.29) is 0 Å². The second-order valence-electron chi connectivity index (χ2n) is 5.47. The molecule has 0 radical (unpaired) electrons. The van der Waals surface area contributed by atoms with Crippen LogP contribution in [0.3, 0.4) is 0 Å². The predicted molar refractivity (Wildman–Crippen MR) is 79.7 cm³/mol. The second kappa shape index (κ2) is 5.06. The molecule has 2 aromatic carbocycles. The molecule has 2 N–H and O–H groups in total. The Labute approximate surface area is 114 Å². The molecule has 1 atom stereocenters. The number of nitrogen functional groups attached to an aromatic ring is 1. The van der Waals surface area contributed by atoms with E-state index in [1.165, 1.54) is 16.7 Å². The lowest BCUT2D eigenvalue weighted by atomic mass is 10.1. The van der Waals surface area contributed by atoms with Crippen molar-refractivity contribution >= 4 is 5.69 Å². The quantitative estimate of drug-likeness (QED) is 0.850. The maximum atomic E-state index is 5.86. The van der Waals surface area contributed by atoms with E-state index in [2.05, 4.69) is 54.3 Å². The molecule has 3 rings (SSSR count). The van der Waals surface area contributed by atoms with Crippen molar-refractivity contribution in [1.29, 1.82) is 0 Å². The Hall–Kier alpha value is -1.80. The number of hydrogen-bond acceptors (Lipinski definition) is 2. The van der Waals surface area contributed by atoms with Crippen LogP contribution in [-0.2, 0) is 19.5 Å². The summed E-state index contributed by atoms with van der Waals surface area (Å²) in [4.78, 5) is 2.52. The number of benzene rings is 2. The van der Waals surface area contributed by atoms with Gasteiger partial charge in [0.2, 0.25) is 0 Å². The minimum absolute atomic E-state index is 0.552. The molecule has 2 nitrogen and oxygen atoms in total. The number of hydrogen-bond donors (Lipinski definition) is 1. The Balaban J connectivity index is 1.69. The highest BCUT2D eigenvalue weighted by Gasteiger charge is 2.23. The van der Waals surface area contributed by atoms with Crippen molar-refractivity contribution in [2.75, 3.05) is 5.73 Å². The first-order chi connectivity index (χ1) is 9.22. The molecule has 0 saturated heterocycles. The second-order valence-corrected chi connectivity index (χ2v) is 5.47.